The number of carboxylic acid groups (broad SMARTS) is 1. The molecule has 5 nitrogen and oxygen atoms in total. The molecule has 0 saturated carbocycles. The molecule has 1 N–H and O–H groups in total. The van der Waals surface area contributed by atoms with Crippen LogP contribution in [0.1, 0.15) is 17.3 Å². The van der Waals surface area contributed by atoms with Gasteiger partial charge < -0.3 is 9.84 Å². The molecule has 0 aliphatic carbocycles. The van der Waals surface area contributed by atoms with Gasteiger partial charge in [0.1, 0.15) is 0 Å². The fourth-order valence-corrected chi connectivity index (χ4v) is 1.73. The molecule has 0 aliphatic heterocycles. The van der Waals surface area contributed by atoms with E-state index in [0.29, 0.717) is 6.61 Å². The van der Waals surface area contributed by atoms with Gasteiger partial charge in [-0.15, -0.1) is 0 Å². The molecule has 1 aromatic heterocycles. The maximum atomic E-state index is 13.8. The van der Waals surface area contributed by atoms with Crippen LogP contribution >= 0.6 is 0 Å². The zero-order valence-electron chi connectivity index (χ0n) is 10.7. The number of benzene rings is 1. The second-order valence-electron chi connectivity index (χ2n) is 3.98. The number of aromatic nitrogens is 1. The molecule has 0 fully saturated rings. The van der Waals surface area contributed by atoms with E-state index in [0.717, 1.165) is 22.9 Å². The zero-order chi connectivity index (χ0) is 14.7. The van der Waals surface area contributed by atoms with Gasteiger partial charge in [-0.2, -0.15) is 0 Å². The van der Waals surface area contributed by atoms with Gasteiger partial charge in [-0.3, -0.25) is 9.36 Å². The van der Waals surface area contributed by atoms with Crippen LogP contribution < -0.4 is 10.3 Å². The summed E-state index contributed by atoms with van der Waals surface area (Å²) in [5.41, 5.74) is -0.267. The maximum Gasteiger partial charge on any atom is 0.337 e. The lowest BCUT2D eigenvalue weighted by molar-refractivity contribution is 0.0696. The van der Waals surface area contributed by atoms with Crippen molar-refractivity contribution < 1.29 is 19.0 Å². The van der Waals surface area contributed by atoms with Gasteiger partial charge in [0.2, 0.25) is 0 Å². The molecule has 2 aromatic rings. The molecule has 0 bridgehead atoms. The first-order valence-electron chi connectivity index (χ1n) is 5.91. The second-order valence-corrected chi connectivity index (χ2v) is 3.98. The molecule has 20 heavy (non-hydrogen) atoms. The van der Waals surface area contributed by atoms with Gasteiger partial charge in [-0.25, -0.2) is 9.18 Å². The summed E-state index contributed by atoms with van der Waals surface area (Å²) in [5, 5.41) is 8.91. The van der Waals surface area contributed by atoms with Gasteiger partial charge in [0.25, 0.3) is 5.56 Å². The van der Waals surface area contributed by atoms with Crippen LogP contribution in [0.3, 0.4) is 0 Å². The summed E-state index contributed by atoms with van der Waals surface area (Å²) in [5.74, 6) is -1.69. The van der Waals surface area contributed by atoms with Crippen molar-refractivity contribution in [1.82, 2.24) is 4.57 Å². The van der Waals surface area contributed by atoms with Crippen LogP contribution in [0.5, 0.6) is 5.75 Å². The highest BCUT2D eigenvalue weighted by molar-refractivity contribution is 5.87. The Balaban J connectivity index is 2.51. The van der Waals surface area contributed by atoms with E-state index in [1.54, 1.807) is 6.92 Å². The molecule has 2 rings (SSSR count). The van der Waals surface area contributed by atoms with Crippen molar-refractivity contribution in [3.63, 3.8) is 0 Å². The largest absolute Gasteiger partial charge is 0.491 e. The summed E-state index contributed by atoms with van der Waals surface area (Å²) >= 11 is 0. The molecule has 0 amide bonds. The van der Waals surface area contributed by atoms with E-state index in [2.05, 4.69) is 0 Å². The average Bonchev–Trinajstić information content (AvgIpc) is 2.41. The van der Waals surface area contributed by atoms with Crippen LogP contribution in [0.25, 0.3) is 5.69 Å². The highest BCUT2D eigenvalue weighted by atomic mass is 19.1. The Morgan fingerprint density at radius 2 is 2.10 bits per heavy atom. The van der Waals surface area contributed by atoms with Crippen molar-refractivity contribution in [3.8, 4) is 11.4 Å². The summed E-state index contributed by atoms with van der Waals surface area (Å²) in [6.45, 7) is 2.05. The Bertz CT molecular complexity index is 709. The van der Waals surface area contributed by atoms with E-state index in [4.69, 9.17) is 9.84 Å². The van der Waals surface area contributed by atoms with Gasteiger partial charge in [0.05, 0.1) is 17.9 Å². The summed E-state index contributed by atoms with van der Waals surface area (Å²) in [4.78, 5) is 22.6. The van der Waals surface area contributed by atoms with Crippen molar-refractivity contribution in [2.75, 3.05) is 6.61 Å². The van der Waals surface area contributed by atoms with Crippen LogP contribution in [0.2, 0.25) is 0 Å². The average molecular weight is 277 g/mol. The fourth-order valence-electron chi connectivity index (χ4n) is 1.73. The number of pyridine rings is 1. The number of halogens is 1. The van der Waals surface area contributed by atoms with Crippen molar-refractivity contribution in [2.45, 2.75) is 6.92 Å². The molecule has 0 unspecified atom stereocenters. The number of hydrogen-bond acceptors (Lipinski definition) is 3. The minimum atomic E-state index is -1.16. The summed E-state index contributed by atoms with van der Waals surface area (Å²) in [7, 11) is 0. The number of ether oxygens (including phenoxy) is 1. The Morgan fingerprint density at radius 3 is 2.70 bits per heavy atom. The first kappa shape index (κ1) is 13.8. The van der Waals surface area contributed by atoms with E-state index < -0.39 is 17.3 Å². The van der Waals surface area contributed by atoms with Crippen molar-refractivity contribution in [2.24, 2.45) is 0 Å². The van der Waals surface area contributed by atoms with Crippen LogP contribution in [-0.4, -0.2) is 22.2 Å². The Kier molecular flexibility index (Phi) is 3.84. The lowest BCUT2D eigenvalue weighted by Gasteiger charge is -2.09. The molecule has 6 heteroatoms. The molecule has 0 aliphatic rings. The third-order valence-corrected chi connectivity index (χ3v) is 2.65. The predicted molar refractivity (Wildman–Crippen MR) is 70.1 cm³/mol. The molecule has 0 saturated heterocycles. The Morgan fingerprint density at radius 1 is 1.35 bits per heavy atom. The van der Waals surface area contributed by atoms with E-state index in [1.807, 2.05) is 0 Å². The van der Waals surface area contributed by atoms with Crippen molar-refractivity contribution in [3.05, 3.63) is 58.3 Å². The lowest BCUT2D eigenvalue weighted by Crippen LogP contribution is -2.18. The molecule has 0 spiro atoms. The van der Waals surface area contributed by atoms with Gasteiger partial charge in [0.15, 0.2) is 11.6 Å². The van der Waals surface area contributed by atoms with Gasteiger partial charge in [-0.05, 0) is 25.1 Å². The highest BCUT2D eigenvalue weighted by Crippen LogP contribution is 2.20. The zero-order valence-corrected chi connectivity index (χ0v) is 10.7. The Hall–Kier alpha value is -2.63. The molecular weight excluding hydrogens is 265 g/mol. The molecule has 104 valence electrons. The third kappa shape index (κ3) is 2.69. The molecule has 1 heterocycles. The minimum absolute atomic E-state index is 0.0566. The first-order valence-corrected chi connectivity index (χ1v) is 5.91. The molecular formula is C14H12FNO4. The van der Waals surface area contributed by atoms with E-state index >= 15 is 0 Å². The second kappa shape index (κ2) is 5.56. The number of rotatable bonds is 4. The number of hydrogen-bond donors (Lipinski definition) is 1. The number of carbonyl (C=O) groups is 1. The van der Waals surface area contributed by atoms with E-state index in [9.17, 15) is 14.0 Å². The van der Waals surface area contributed by atoms with Crippen molar-refractivity contribution in [1.29, 1.82) is 0 Å². The highest BCUT2D eigenvalue weighted by Gasteiger charge is 2.09. The standard InChI is InChI=1S/C14H12FNO4/c1-2-20-12-5-4-10(7-11(12)15)16-8-9(14(18)19)3-6-13(16)17/h3-8H,2H2,1H3,(H,18,19). The lowest BCUT2D eigenvalue weighted by atomic mass is 10.2. The van der Waals surface area contributed by atoms with Crippen molar-refractivity contribution >= 4 is 5.97 Å². The predicted octanol–water partition coefficient (Wildman–Crippen LogP) is 2.07. The minimum Gasteiger partial charge on any atom is -0.491 e. The smallest absolute Gasteiger partial charge is 0.337 e. The SMILES string of the molecule is CCOc1ccc(-n2cc(C(=O)O)ccc2=O)cc1F. The number of aromatic carboxylic acids is 1. The van der Waals surface area contributed by atoms with Gasteiger partial charge >= 0.3 is 5.97 Å². The quantitative estimate of drug-likeness (QED) is 0.929. The molecule has 0 atom stereocenters. The van der Waals surface area contributed by atoms with Crippen LogP contribution in [0.15, 0.2) is 41.3 Å². The number of carboxylic acids is 1. The normalized spacial score (nSPS) is 10.3. The van der Waals surface area contributed by atoms with Gasteiger partial charge in [-0.1, -0.05) is 0 Å². The summed E-state index contributed by atoms with van der Waals surface area (Å²) < 4.78 is 19.9. The van der Waals surface area contributed by atoms with Crippen LogP contribution in [0.4, 0.5) is 4.39 Å². The summed E-state index contributed by atoms with van der Waals surface area (Å²) in [6.07, 6.45) is 1.15. The maximum absolute atomic E-state index is 13.8. The summed E-state index contributed by atoms with van der Waals surface area (Å²) in [6, 6.07) is 6.33. The molecule has 1 aromatic carbocycles. The first-order chi connectivity index (χ1) is 9.52. The van der Waals surface area contributed by atoms with Crippen LogP contribution in [0, 0.1) is 5.82 Å². The van der Waals surface area contributed by atoms with Gasteiger partial charge in [0, 0.05) is 18.3 Å². The Labute approximate surface area is 113 Å². The molecule has 0 radical (unpaired) electrons. The number of nitrogens with zero attached hydrogens (tertiary/aromatic N) is 1. The van der Waals surface area contributed by atoms with E-state index in [-0.39, 0.29) is 17.0 Å². The topological polar surface area (TPSA) is 68.5 Å². The fraction of sp³-hybridized carbons (Fsp3) is 0.143. The monoisotopic (exact) mass is 277 g/mol. The van der Waals surface area contributed by atoms with E-state index in [1.165, 1.54) is 18.2 Å². The van der Waals surface area contributed by atoms with Crippen LogP contribution in [-0.2, 0) is 0 Å². The third-order valence-electron chi connectivity index (χ3n) is 2.65.